The predicted octanol–water partition coefficient (Wildman–Crippen LogP) is 4.79. The van der Waals surface area contributed by atoms with Crippen LogP contribution in [-0.2, 0) is 16.1 Å². The number of methoxy groups -OCH3 is 1. The molecule has 1 aliphatic heterocycles. The molecule has 0 unspecified atom stereocenters. The number of nitrogens with zero attached hydrogens (tertiary/aromatic N) is 4. The number of benzene rings is 2. The molecular weight excluding hydrogens is 440 g/mol. The van der Waals surface area contributed by atoms with Gasteiger partial charge in [0.25, 0.3) is 0 Å². The number of piperidine rings is 1. The van der Waals surface area contributed by atoms with Crippen LogP contribution in [0.2, 0.25) is 0 Å². The van der Waals surface area contributed by atoms with Crippen molar-refractivity contribution >= 4 is 50.3 Å². The second kappa shape index (κ2) is 9.60. The molecule has 4 aromatic rings. The average Bonchev–Trinajstić information content (AvgIpc) is 3.42. The van der Waals surface area contributed by atoms with Crippen molar-refractivity contribution in [2.45, 2.75) is 30.5 Å². The minimum atomic E-state index is 0.172. The Morgan fingerprint density at radius 3 is 2.81 bits per heavy atom. The zero-order valence-electron chi connectivity index (χ0n) is 18.1. The molecule has 32 heavy (non-hydrogen) atoms. The quantitative estimate of drug-likeness (QED) is 0.367. The Kier molecular flexibility index (Phi) is 6.43. The molecule has 5 rings (SSSR count). The number of ether oxygens (including phenoxy) is 1. The lowest BCUT2D eigenvalue weighted by Crippen LogP contribution is -2.40. The molecule has 0 radical (unpaired) electrons. The van der Waals surface area contributed by atoms with Gasteiger partial charge in [0.2, 0.25) is 5.91 Å². The summed E-state index contributed by atoms with van der Waals surface area (Å²) in [6, 6.07) is 16.4. The number of para-hydroxylation sites is 3. The van der Waals surface area contributed by atoms with Crippen molar-refractivity contribution in [3.05, 3.63) is 53.5 Å². The van der Waals surface area contributed by atoms with Crippen molar-refractivity contribution in [2.24, 2.45) is 0 Å². The van der Waals surface area contributed by atoms with Crippen molar-refractivity contribution in [1.82, 2.24) is 19.4 Å². The van der Waals surface area contributed by atoms with E-state index in [1.54, 1.807) is 18.4 Å². The Morgan fingerprint density at radius 2 is 1.97 bits per heavy atom. The number of fused-ring (bicyclic) bond motifs is 2. The lowest BCUT2D eigenvalue weighted by molar-refractivity contribution is -0.129. The standard InChI is InChI=1S/C24H26N4O2S2/c1-30-14-13-28-20-10-4-2-8-18(20)26-24(28)31-16-22(29)27-12-6-7-17(15-27)23-25-19-9-3-5-11-21(19)32-23/h2-5,8-11,17H,6-7,12-16H2,1H3/t17-/m1/s1. The van der Waals surface area contributed by atoms with Crippen LogP contribution in [0.1, 0.15) is 23.8 Å². The van der Waals surface area contributed by atoms with Crippen LogP contribution < -0.4 is 0 Å². The first-order chi connectivity index (χ1) is 15.7. The van der Waals surface area contributed by atoms with Gasteiger partial charge in [-0.1, -0.05) is 36.0 Å². The molecule has 1 amide bonds. The Labute approximate surface area is 195 Å². The van der Waals surface area contributed by atoms with Crippen molar-refractivity contribution in [3.63, 3.8) is 0 Å². The van der Waals surface area contributed by atoms with Crippen LogP contribution in [0.15, 0.2) is 53.7 Å². The maximum Gasteiger partial charge on any atom is 0.233 e. The molecule has 0 N–H and O–H groups in total. The summed E-state index contributed by atoms with van der Waals surface area (Å²) in [4.78, 5) is 24.7. The van der Waals surface area contributed by atoms with E-state index in [0.717, 1.165) is 59.2 Å². The molecule has 0 aliphatic carbocycles. The molecule has 0 bridgehead atoms. The fourth-order valence-corrected chi connectivity index (χ4v) is 6.29. The number of carbonyl (C=O) groups is 1. The van der Waals surface area contributed by atoms with Crippen LogP contribution in [0, 0.1) is 0 Å². The first-order valence-electron chi connectivity index (χ1n) is 10.9. The van der Waals surface area contributed by atoms with Crippen LogP contribution in [0.4, 0.5) is 0 Å². The van der Waals surface area contributed by atoms with Gasteiger partial charge in [-0.05, 0) is 37.1 Å². The van der Waals surface area contributed by atoms with Crippen LogP contribution in [0.25, 0.3) is 21.3 Å². The number of hydrogen-bond acceptors (Lipinski definition) is 6. The van der Waals surface area contributed by atoms with Gasteiger partial charge < -0.3 is 14.2 Å². The van der Waals surface area contributed by atoms with Crippen molar-refractivity contribution in [3.8, 4) is 0 Å². The second-order valence-corrected chi connectivity index (χ2v) is 10.0. The molecule has 1 aliphatic rings. The van der Waals surface area contributed by atoms with Crippen LogP contribution >= 0.6 is 23.1 Å². The summed E-state index contributed by atoms with van der Waals surface area (Å²) in [7, 11) is 1.70. The Bertz CT molecular complexity index is 1200. The summed E-state index contributed by atoms with van der Waals surface area (Å²) >= 11 is 3.28. The highest BCUT2D eigenvalue weighted by Crippen LogP contribution is 2.33. The number of rotatable bonds is 7. The van der Waals surface area contributed by atoms with Gasteiger partial charge >= 0.3 is 0 Å². The van der Waals surface area contributed by atoms with Gasteiger partial charge in [0.1, 0.15) is 0 Å². The van der Waals surface area contributed by atoms with E-state index in [4.69, 9.17) is 14.7 Å². The summed E-state index contributed by atoms with van der Waals surface area (Å²) in [5.74, 6) is 0.885. The van der Waals surface area contributed by atoms with E-state index < -0.39 is 0 Å². The number of hydrogen-bond donors (Lipinski definition) is 0. The van der Waals surface area contributed by atoms with Crippen LogP contribution in [0.5, 0.6) is 0 Å². The summed E-state index contributed by atoms with van der Waals surface area (Å²) in [5, 5.41) is 2.02. The molecular formula is C24H26N4O2S2. The number of likely N-dealkylation sites (tertiary alicyclic amines) is 1. The number of thioether (sulfide) groups is 1. The molecule has 8 heteroatoms. The summed E-state index contributed by atoms with van der Waals surface area (Å²) in [6.07, 6.45) is 2.10. The van der Waals surface area contributed by atoms with Crippen LogP contribution in [0.3, 0.4) is 0 Å². The summed E-state index contributed by atoms with van der Waals surface area (Å²) in [6.45, 7) is 2.90. The zero-order chi connectivity index (χ0) is 21.9. The van der Waals surface area contributed by atoms with Gasteiger partial charge in [0, 0.05) is 32.7 Å². The van der Waals surface area contributed by atoms with E-state index >= 15 is 0 Å². The van der Waals surface area contributed by atoms with Gasteiger partial charge in [-0.25, -0.2) is 9.97 Å². The number of imidazole rings is 1. The van der Waals surface area contributed by atoms with Gasteiger partial charge in [-0.3, -0.25) is 4.79 Å². The molecule has 6 nitrogen and oxygen atoms in total. The summed E-state index contributed by atoms with van der Waals surface area (Å²) in [5.41, 5.74) is 3.09. The number of carbonyl (C=O) groups excluding carboxylic acids is 1. The van der Waals surface area contributed by atoms with Gasteiger partial charge in [0.15, 0.2) is 5.16 Å². The fourth-order valence-electron chi connectivity index (χ4n) is 4.25. The molecule has 0 saturated carbocycles. The van der Waals surface area contributed by atoms with Gasteiger partial charge in [-0.15, -0.1) is 11.3 Å². The molecule has 2 aromatic heterocycles. The topological polar surface area (TPSA) is 60.2 Å². The molecule has 1 atom stereocenters. The lowest BCUT2D eigenvalue weighted by Gasteiger charge is -2.31. The number of amides is 1. The predicted molar refractivity (Wildman–Crippen MR) is 131 cm³/mol. The summed E-state index contributed by atoms with van der Waals surface area (Å²) < 4.78 is 8.65. The van der Waals surface area contributed by atoms with Gasteiger partial charge in [-0.2, -0.15) is 0 Å². The van der Waals surface area contributed by atoms with Crippen molar-refractivity contribution in [1.29, 1.82) is 0 Å². The highest BCUT2D eigenvalue weighted by molar-refractivity contribution is 7.99. The Morgan fingerprint density at radius 1 is 1.16 bits per heavy atom. The maximum atomic E-state index is 13.1. The molecule has 1 fully saturated rings. The van der Waals surface area contributed by atoms with E-state index in [2.05, 4.69) is 28.8 Å². The SMILES string of the molecule is COCCn1c(SCC(=O)N2CCC[C@@H](c3nc4ccccc4s3)C2)nc2ccccc21. The number of thiazole rings is 1. The van der Waals surface area contributed by atoms with Crippen molar-refractivity contribution in [2.75, 3.05) is 32.6 Å². The third-order valence-electron chi connectivity index (χ3n) is 5.90. The third kappa shape index (κ3) is 4.40. The Hall–Kier alpha value is -2.42. The zero-order valence-corrected chi connectivity index (χ0v) is 19.7. The van der Waals surface area contributed by atoms with Gasteiger partial charge in [0.05, 0.1) is 38.6 Å². The van der Waals surface area contributed by atoms with E-state index in [1.165, 1.54) is 16.5 Å². The van der Waals surface area contributed by atoms with E-state index in [9.17, 15) is 4.79 Å². The largest absolute Gasteiger partial charge is 0.383 e. The average molecular weight is 467 g/mol. The molecule has 0 spiro atoms. The highest BCUT2D eigenvalue weighted by atomic mass is 32.2. The number of aromatic nitrogens is 3. The molecule has 3 heterocycles. The minimum Gasteiger partial charge on any atom is -0.383 e. The normalized spacial score (nSPS) is 16.8. The van der Waals surface area contributed by atoms with E-state index in [1.807, 2.05) is 29.2 Å². The third-order valence-corrected chi connectivity index (χ3v) is 8.06. The smallest absolute Gasteiger partial charge is 0.233 e. The van der Waals surface area contributed by atoms with E-state index in [0.29, 0.717) is 18.3 Å². The lowest BCUT2D eigenvalue weighted by atomic mass is 9.99. The monoisotopic (exact) mass is 466 g/mol. The molecule has 166 valence electrons. The molecule has 1 saturated heterocycles. The maximum absolute atomic E-state index is 13.1. The first-order valence-corrected chi connectivity index (χ1v) is 12.7. The Balaban J connectivity index is 1.27. The fraction of sp³-hybridized carbons (Fsp3) is 0.375. The highest BCUT2D eigenvalue weighted by Gasteiger charge is 2.27. The molecule has 2 aromatic carbocycles. The first kappa shape index (κ1) is 21.4. The minimum absolute atomic E-state index is 0.172. The van der Waals surface area contributed by atoms with Crippen LogP contribution in [-0.4, -0.2) is 57.9 Å². The van der Waals surface area contributed by atoms with Crippen molar-refractivity contribution < 1.29 is 9.53 Å². The van der Waals surface area contributed by atoms with E-state index in [-0.39, 0.29) is 5.91 Å². The second-order valence-electron chi connectivity index (χ2n) is 8.01.